The molecule has 0 spiro atoms. The van der Waals surface area contributed by atoms with E-state index >= 15 is 0 Å². The fourth-order valence-electron chi connectivity index (χ4n) is 7.38. The molecule has 278 valence electrons. The number of carbonyl (C=O) groups is 4. The van der Waals surface area contributed by atoms with E-state index in [1.54, 1.807) is 76.8 Å². The molecule has 4 atom stereocenters. The summed E-state index contributed by atoms with van der Waals surface area (Å²) in [7, 11) is 0. The highest BCUT2D eigenvalue weighted by atomic mass is 35.5. The molecule has 2 heterocycles. The van der Waals surface area contributed by atoms with E-state index in [0.717, 1.165) is 18.4 Å². The second kappa shape index (κ2) is 17.3. The molecule has 6 N–H and O–H groups in total. The Labute approximate surface area is 307 Å². The number of amides is 3. The first-order valence-electron chi connectivity index (χ1n) is 17.5. The Morgan fingerprint density at radius 1 is 1.00 bits per heavy atom. The molecule has 1 saturated heterocycles. The molecule has 13 nitrogen and oxygen atoms in total. The van der Waals surface area contributed by atoms with Gasteiger partial charge in [-0.2, -0.15) is 0 Å². The zero-order valence-corrected chi connectivity index (χ0v) is 29.8. The number of hydrogen-bond acceptors (Lipinski definition) is 9. The number of nitrogens with one attached hydrogen (secondary N) is 2. The van der Waals surface area contributed by atoms with E-state index in [4.69, 9.17) is 11.6 Å². The van der Waals surface area contributed by atoms with Crippen LogP contribution < -0.4 is 15.5 Å². The molecular weight excluding hydrogens is 690 g/mol. The highest BCUT2D eigenvalue weighted by Gasteiger charge is 2.49. The van der Waals surface area contributed by atoms with Gasteiger partial charge in [-0.05, 0) is 72.7 Å². The van der Waals surface area contributed by atoms with Gasteiger partial charge in [0, 0.05) is 55.8 Å². The topological polar surface area (TPSA) is 193 Å². The summed E-state index contributed by atoms with van der Waals surface area (Å²) in [6.07, 6.45) is 2.85. The van der Waals surface area contributed by atoms with Crippen molar-refractivity contribution in [3.05, 3.63) is 94.8 Å². The minimum Gasteiger partial charge on any atom is -0.480 e. The van der Waals surface area contributed by atoms with Crippen LogP contribution in [0.4, 0.5) is 5.69 Å². The average Bonchev–Trinajstić information content (AvgIpc) is 3.71. The lowest BCUT2D eigenvalue weighted by molar-refractivity contribution is -0.144. The summed E-state index contributed by atoms with van der Waals surface area (Å²) in [4.78, 5) is 58.7. The van der Waals surface area contributed by atoms with Crippen LogP contribution in [0, 0.1) is 5.41 Å². The van der Waals surface area contributed by atoms with Gasteiger partial charge in [-0.1, -0.05) is 54.8 Å². The lowest BCUT2D eigenvalue weighted by Crippen LogP contribution is -2.49. The SMILES string of the molecule is CC(=O)NCCC1(C(=O)NC(Cc2ccc(N3C(O)C(Cc4cccnc4)N(C(=O)CCC(O)O)C3c3ccc(Cl)cc3)cc2)C(=O)O)CCCC1. The van der Waals surface area contributed by atoms with E-state index in [1.165, 1.54) is 6.92 Å². The molecule has 0 bridgehead atoms. The van der Waals surface area contributed by atoms with Crippen LogP contribution in [0.1, 0.15) is 74.7 Å². The number of carboxylic acids is 1. The lowest BCUT2D eigenvalue weighted by Gasteiger charge is -2.33. The molecule has 5 rings (SSSR count). The molecule has 1 aromatic heterocycles. The van der Waals surface area contributed by atoms with Gasteiger partial charge in [-0.3, -0.25) is 19.4 Å². The van der Waals surface area contributed by atoms with E-state index < -0.39 is 48.1 Å². The van der Waals surface area contributed by atoms with E-state index in [0.29, 0.717) is 47.6 Å². The molecule has 14 heteroatoms. The van der Waals surface area contributed by atoms with Crippen molar-refractivity contribution in [1.29, 1.82) is 0 Å². The maximum absolute atomic E-state index is 13.9. The molecule has 1 aliphatic carbocycles. The van der Waals surface area contributed by atoms with Gasteiger partial charge >= 0.3 is 5.97 Å². The molecule has 0 radical (unpaired) electrons. The zero-order chi connectivity index (χ0) is 37.4. The van der Waals surface area contributed by atoms with Crippen molar-refractivity contribution in [1.82, 2.24) is 20.5 Å². The number of aliphatic hydroxyl groups excluding tert-OH is 2. The summed E-state index contributed by atoms with van der Waals surface area (Å²) in [6.45, 7) is 1.74. The summed E-state index contributed by atoms with van der Waals surface area (Å²) in [5.74, 6) is -2.09. The number of anilines is 1. The van der Waals surface area contributed by atoms with Gasteiger partial charge in [0.25, 0.3) is 0 Å². The highest BCUT2D eigenvalue weighted by Crippen LogP contribution is 2.43. The maximum Gasteiger partial charge on any atom is 0.326 e. The third kappa shape index (κ3) is 9.26. The van der Waals surface area contributed by atoms with E-state index in [-0.39, 0.29) is 37.5 Å². The Morgan fingerprint density at radius 3 is 2.29 bits per heavy atom. The Bertz CT molecular complexity index is 1690. The molecular formula is C38H46ClN5O8. The van der Waals surface area contributed by atoms with Crippen LogP contribution in [-0.2, 0) is 32.0 Å². The smallest absolute Gasteiger partial charge is 0.326 e. The number of halogens is 1. The number of aliphatic hydroxyl groups is 3. The minimum atomic E-state index is -1.68. The summed E-state index contributed by atoms with van der Waals surface area (Å²) >= 11 is 6.22. The molecule has 3 amide bonds. The van der Waals surface area contributed by atoms with Crippen LogP contribution in [0.25, 0.3) is 0 Å². The third-order valence-corrected chi connectivity index (χ3v) is 10.3. The number of hydrogen-bond donors (Lipinski definition) is 6. The predicted octanol–water partition coefficient (Wildman–Crippen LogP) is 3.30. The monoisotopic (exact) mass is 735 g/mol. The molecule has 2 aromatic carbocycles. The Balaban J connectivity index is 1.42. The number of aromatic nitrogens is 1. The van der Waals surface area contributed by atoms with Crippen LogP contribution in [0.5, 0.6) is 0 Å². The third-order valence-electron chi connectivity index (χ3n) is 10.1. The summed E-state index contributed by atoms with van der Waals surface area (Å²) in [5.41, 5.74) is 1.88. The first kappa shape index (κ1) is 38.7. The number of aliphatic carboxylic acids is 1. The number of nitrogens with zero attached hydrogens (tertiary/aromatic N) is 3. The molecule has 1 saturated carbocycles. The molecule has 4 unspecified atom stereocenters. The van der Waals surface area contributed by atoms with E-state index in [2.05, 4.69) is 15.6 Å². The van der Waals surface area contributed by atoms with Crippen LogP contribution >= 0.6 is 11.6 Å². The number of pyridine rings is 1. The fraction of sp³-hybridized carbons (Fsp3) is 0.447. The van der Waals surface area contributed by atoms with E-state index in [1.807, 2.05) is 6.07 Å². The van der Waals surface area contributed by atoms with Crippen LogP contribution in [0.2, 0.25) is 5.02 Å². The van der Waals surface area contributed by atoms with Crippen molar-refractivity contribution in [2.75, 3.05) is 11.4 Å². The zero-order valence-electron chi connectivity index (χ0n) is 29.0. The van der Waals surface area contributed by atoms with Gasteiger partial charge < -0.3 is 40.9 Å². The molecule has 1 aliphatic heterocycles. The molecule has 3 aromatic rings. The van der Waals surface area contributed by atoms with Crippen LogP contribution in [0.15, 0.2) is 73.1 Å². The van der Waals surface area contributed by atoms with Crippen molar-refractivity contribution in [2.45, 2.75) is 95.5 Å². The molecule has 2 fully saturated rings. The Morgan fingerprint density at radius 2 is 1.69 bits per heavy atom. The van der Waals surface area contributed by atoms with E-state index in [9.17, 15) is 39.6 Å². The Hall–Kier alpha value is -4.56. The number of carbonyl (C=O) groups excluding carboxylic acids is 3. The molecule has 52 heavy (non-hydrogen) atoms. The molecule has 2 aliphatic rings. The van der Waals surface area contributed by atoms with Crippen LogP contribution in [0.3, 0.4) is 0 Å². The first-order chi connectivity index (χ1) is 24.9. The average molecular weight is 736 g/mol. The van der Waals surface area contributed by atoms with Gasteiger partial charge in [0.1, 0.15) is 18.4 Å². The van der Waals surface area contributed by atoms with Gasteiger partial charge in [-0.15, -0.1) is 0 Å². The number of benzene rings is 2. The second-order valence-electron chi connectivity index (χ2n) is 13.7. The quantitative estimate of drug-likeness (QED) is 0.126. The van der Waals surface area contributed by atoms with Gasteiger partial charge in [-0.25, -0.2) is 4.79 Å². The maximum atomic E-state index is 13.9. The van der Waals surface area contributed by atoms with Crippen molar-refractivity contribution in [3.63, 3.8) is 0 Å². The second-order valence-corrected chi connectivity index (χ2v) is 14.1. The fourth-order valence-corrected chi connectivity index (χ4v) is 7.50. The highest BCUT2D eigenvalue weighted by molar-refractivity contribution is 6.30. The number of carboxylic acid groups (broad SMARTS) is 1. The van der Waals surface area contributed by atoms with Gasteiger partial charge in [0.05, 0.1) is 11.5 Å². The van der Waals surface area contributed by atoms with Crippen molar-refractivity contribution < 1.29 is 39.6 Å². The van der Waals surface area contributed by atoms with Gasteiger partial charge in [0.2, 0.25) is 17.7 Å². The number of rotatable bonds is 15. The normalized spacial score (nSPS) is 20.2. The van der Waals surface area contributed by atoms with Crippen molar-refractivity contribution in [2.24, 2.45) is 5.41 Å². The minimum absolute atomic E-state index is 0.00399. The van der Waals surface area contributed by atoms with Crippen molar-refractivity contribution >= 4 is 41.0 Å². The standard InChI is InChI=1S/C38H46ClN5O8/c1-24(45)41-20-18-38(16-2-3-17-38)37(52)42-30(36(50)51)21-25-6-12-29(13-7-25)43-34(27-8-10-28(39)11-9-27)44(32(46)14-15-33(47)48)31(35(43)49)22-26-5-4-19-40-23-26/h4-13,19,23,30-31,33-35,47-49H,2-3,14-18,20-22H2,1H3,(H,41,45)(H,42,52)(H,50,51). The summed E-state index contributed by atoms with van der Waals surface area (Å²) in [5, 5.41) is 47.2. The lowest BCUT2D eigenvalue weighted by atomic mass is 9.81. The summed E-state index contributed by atoms with van der Waals surface area (Å²) in [6, 6.07) is 15.5. The van der Waals surface area contributed by atoms with Crippen LogP contribution in [-0.4, -0.2) is 85.1 Å². The predicted molar refractivity (Wildman–Crippen MR) is 193 cm³/mol. The van der Waals surface area contributed by atoms with Gasteiger partial charge in [0.15, 0.2) is 6.29 Å². The largest absolute Gasteiger partial charge is 0.480 e. The first-order valence-corrected chi connectivity index (χ1v) is 17.9. The van der Waals surface area contributed by atoms with Crippen molar-refractivity contribution in [3.8, 4) is 0 Å². The Kier molecular flexibility index (Phi) is 12.9. The summed E-state index contributed by atoms with van der Waals surface area (Å²) < 4.78 is 0.